The van der Waals surface area contributed by atoms with Gasteiger partial charge in [-0.05, 0) is 24.7 Å². The van der Waals surface area contributed by atoms with Gasteiger partial charge in [-0.2, -0.15) is 0 Å². The minimum Gasteiger partial charge on any atom is -0.465 e. The van der Waals surface area contributed by atoms with Crippen LogP contribution in [0.25, 0.3) is 0 Å². The number of carboxylic acid groups (broad SMARTS) is 1. The van der Waals surface area contributed by atoms with Crippen LogP contribution in [-0.2, 0) is 10.0 Å². The number of sulfonamides is 1. The Morgan fingerprint density at radius 3 is 2.62 bits per heavy atom. The number of likely N-dealkylation sites (tertiary alicyclic amines) is 1. The summed E-state index contributed by atoms with van der Waals surface area (Å²) >= 11 is 0. The first-order valence-electron chi connectivity index (χ1n) is 5.32. The molecule has 3 atom stereocenters. The first-order valence-corrected chi connectivity index (χ1v) is 7.21. The maximum absolute atomic E-state index is 11.2. The third-order valence-corrected chi connectivity index (χ3v) is 4.22. The van der Waals surface area contributed by atoms with Crippen molar-refractivity contribution in [1.29, 1.82) is 0 Å². The maximum atomic E-state index is 11.2. The van der Waals surface area contributed by atoms with Gasteiger partial charge in [0.2, 0.25) is 10.0 Å². The number of rotatable bonds is 2. The van der Waals surface area contributed by atoms with Crippen molar-refractivity contribution in [3.05, 3.63) is 0 Å². The molecule has 1 aliphatic heterocycles. The summed E-state index contributed by atoms with van der Waals surface area (Å²) in [5, 5.41) is 8.87. The molecule has 92 valence electrons. The number of carbonyl (C=O) groups is 1. The Morgan fingerprint density at radius 2 is 2.06 bits per heavy atom. The summed E-state index contributed by atoms with van der Waals surface area (Å²) in [6.45, 7) is 0.995. The molecule has 16 heavy (non-hydrogen) atoms. The largest absolute Gasteiger partial charge is 0.465 e. The Hall–Kier alpha value is -0.820. The lowest BCUT2D eigenvalue weighted by molar-refractivity contribution is 0.151. The number of nitrogens with one attached hydrogen (secondary N) is 1. The van der Waals surface area contributed by atoms with Crippen LogP contribution in [0.1, 0.15) is 12.8 Å². The molecule has 2 N–H and O–H groups in total. The molecule has 6 nitrogen and oxygen atoms in total. The van der Waals surface area contributed by atoms with E-state index in [0.717, 1.165) is 19.1 Å². The Balaban J connectivity index is 2.03. The zero-order valence-electron chi connectivity index (χ0n) is 9.09. The van der Waals surface area contributed by atoms with E-state index in [0.29, 0.717) is 19.0 Å². The van der Waals surface area contributed by atoms with E-state index < -0.39 is 16.1 Å². The minimum absolute atomic E-state index is 0.0932. The molecule has 0 radical (unpaired) electrons. The fourth-order valence-corrected chi connectivity index (χ4v) is 3.69. The fourth-order valence-electron chi connectivity index (χ4n) is 2.84. The van der Waals surface area contributed by atoms with E-state index in [-0.39, 0.29) is 12.0 Å². The van der Waals surface area contributed by atoms with Crippen molar-refractivity contribution >= 4 is 16.1 Å². The number of amides is 1. The smallest absolute Gasteiger partial charge is 0.407 e. The molecule has 1 aliphatic carbocycles. The summed E-state index contributed by atoms with van der Waals surface area (Å²) in [7, 11) is -3.20. The average Bonchev–Trinajstić information content (AvgIpc) is 2.64. The zero-order valence-corrected chi connectivity index (χ0v) is 9.90. The van der Waals surface area contributed by atoms with Gasteiger partial charge in [-0.3, -0.25) is 0 Å². The topological polar surface area (TPSA) is 86.7 Å². The molecule has 0 bridgehead atoms. The molecule has 0 aromatic carbocycles. The highest BCUT2D eigenvalue weighted by Gasteiger charge is 2.44. The van der Waals surface area contributed by atoms with Crippen LogP contribution in [0.4, 0.5) is 4.79 Å². The van der Waals surface area contributed by atoms with Crippen LogP contribution in [0.5, 0.6) is 0 Å². The van der Waals surface area contributed by atoms with E-state index >= 15 is 0 Å². The Morgan fingerprint density at radius 1 is 1.38 bits per heavy atom. The highest BCUT2D eigenvalue weighted by atomic mass is 32.2. The lowest BCUT2D eigenvalue weighted by Crippen LogP contribution is -2.39. The molecule has 2 fully saturated rings. The van der Waals surface area contributed by atoms with Crippen molar-refractivity contribution in [3.8, 4) is 0 Å². The molecule has 0 aromatic heterocycles. The lowest BCUT2D eigenvalue weighted by Gasteiger charge is -2.19. The summed E-state index contributed by atoms with van der Waals surface area (Å²) < 4.78 is 24.9. The van der Waals surface area contributed by atoms with Crippen LogP contribution in [0, 0.1) is 11.8 Å². The summed E-state index contributed by atoms with van der Waals surface area (Å²) in [4.78, 5) is 12.2. The van der Waals surface area contributed by atoms with Gasteiger partial charge in [0.1, 0.15) is 0 Å². The highest BCUT2D eigenvalue weighted by Crippen LogP contribution is 2.38. The van der Waals surface area contributed by atoms with Gasteiger partial charge in [-0.15, -0.1) is 0 Å². The van der Waals surface area contributed by atoms with Crippen LogP contribution >= 0.6 is 0 Å². The standard InChI is InChI=1S/C9H16N2O4S/c1-16(14,15)10-8-3-2-6-4-11(9(12)13)5-7(6)8/h6-8,10H,2-5H2,1H3,(H,12,13)/t6-,7+,8+/m1/s1. The molecule has 1 heterocycles. The molecule has 1 amide bonds. The Kier molecular flexibility index (Phi) is 2.83. The summed E-state index contributed by atoms with van der Waals surface area (Å²) in [5.41, 5.74) is 0. The molecule has 2 aliphatic rings. The van der Waals surface area contributed by atoms with Crippen LogP contribution < -0.4 is 4.72 Å². The van der Waals surface area contributed by atoms with Gasteiger partial charge >= 0.3 is 6.09 Å². The average molecular weight is 248 g/mol. The zero-order chi connectivity index (χ0) is 11.9. The molecule has 0 unspecified atom stereocenters. The van der Waals surface area contributed by atoms with Crippen LogP contribution in [0.2, 0.25) is 0 Å². The van der Waals surface area contributed by atoms with Crippen LogP contribution in [0.15, 0.2) is 0 Å². The van der Waals surface area contributed by atoms with Crippen molar-refractivity contribution in [2.45, 2.75) is 18.9 Å². The second-order valence-corrected chi connectivity index (χ2v) is 6.47. The molecular weight excluding hydrogens is 232 g/mol. The van der Waals surface area contributed by atoms with Gasteiger partial charge in [-0.25, -0.2) is 17.9 Å². The van der Waals surface area contributed by atoms with E-state index in [1.807, 2.05) is 0 Å². The minimum atomic E-state index is -3.20. The van der Waals surface area contributed by atoms with Gasteiger partial charge < -0.3 is 10.0 Å². The SMILES string of the molecule is CS(=O)(=O)N[C@H]1CC[C@@H]2CN(C(=O)O)C[C@@H]21. The molecule has 2 rings (SSSR count). The van der Waals surface area contributed by atoms with Crippen LogP contribution in [0.3, 0.4) is 0 Å². The molecule has 7 heteroatoms. The summed E-state index contributed by atoms with van der Waals surface area (Å²) in [5.74, 6) is 0.459. The second-order valence-electron chi connectivity index (χ2n) is 4.69. The van der Waals surface area contributed by atoms with Gasteiger partial charge in [-0.1, -0.05) is 0 Å². The summed E-state index contributed by atoms with van der Waals surface area (Å²) in [6, 6.07) is -0.0932. The molecule has 1 saturated heterocycles. The van der Waals surface area contributed by atoms with Gasteiger partial charge in [0, 0.05) is 19.1 Å². The normalized spacial score (nSPS) is 34.1. The fraction of sp³-hybridized carbons (Fsp3) is 0.889. The quantitative estimate of drug-likeness (QED) is 0.716. The second kappa shape index (κ2) is 3.89. The third kappa shape index (κ3) is 2.30. The van der Waals surface area contributed by atoms with Crippen molar-refractivity contribution in [1.82, 2.24) is 9.62 Å². The number of fused-ring (bicyclic) bond motifs is 1. The van der Waals surface area contributed by atoms with Gasteiger partial charge in [0.15, 0.2) is 0 Å². The van der Waals surface area contributed by atoms with Gasteiger partial charge in [0.25, 0.3) is 0 Å². The first kappa shape index (κ1) is 11.7. The molecule has 1 saturated carbocycles. The number of hydrogen-bond donors (Lipinski definition) is 2. The molecule has 0 spiro atoms. The van der Waals surface area contributed by atoms with E-state index in [1.54, 1.807) is 0 Å². The Labute approximate surface area is 94.7 Å². The summed E-state index contributed by atoms with van der Waals surface area (Å²) in [6.07, 6.45) is 1.95. The van der Waals surface area contributed by atoms with Crippen molar-refractivity contribution in [3.63, 3.8) is 0 Å². The predicted octanol–water partition coefficient (Wildman–Crippen LogP) is -0.0760. The first-order chi connectivity index (χ1) is 7.37. The van der Waals surface area contributed by atoms with E-state index in [9.17, 15) is 13.2 Å². The third-order valence-electron chi connectivity index (χ3n) is 3.49. The monoisotopic (exact) mass is 248 g/mol. The van der Waals surface area contributed by atoms with Gasteiger partial charge in [0.05, 0.1) is 6.26 Å². The van der Waals surface area contributed by atoms with E-state index in [2.05, 4.69) is 4.72 Å². The van der Waals surface area contributed by atoms with Crippen molar-refractivity contribution in [2.75, 3.05) is 19.3 Å². The lowest BCUT2D eigenvalue weighted by atomic mass is 9.98. The molecule has 0 aromatic rings. The van der Waals surface area contributed by atoms with Crippen molar-refractivity contribution in [2.24, 2.45) is 11.8 Å². The number of nitrogens with zero attached hydrogens (tertiary/aromatic N) is 1. The number of hydrogen-bond acceptors (Lipinski definition) is 3. The van der Waals surface area contributed by atoms with Crippen molar-refractivity contribution < 1.29 is 18.3 Å². The highest BCUT2D eigenvalue weighted by molar-refractivity contribution is 7.88. The molecular formula is C9H16N2O4S. The Bertz CT molecular complexity index is 394. The predicted molar refractivity (Wildman–Crippen MR) is 57.6 cm³/mol. The van der Waals surface area contributed by atoms with E-state index in [4.69, 9.17) is 5.11 Å². The maximum Gasteiger partial charge on any atom is 0.407 e. The van der Waals surface area contributed by atoms with Crippen LogP contribution in [-0.4, -0.2) is 49.9 Å². The van der Waals surface area contributed by atoms with E-state index in [1.165, 1.54) is 4.90 Å².